The zero-order valence-electron chi connectivity index (χ0n) is 11.9. The number of piperazine rings is 1. The molecule has 1 aromatic heterocycles. The molecule has 6 heteroatoms. The summed E-state index contributed by atoms with van der Waals surface area (Å²) >= 11 is 0. The van der Waals surface area contributed by atoms with Crippen LogP contribution in [0.25, 0.3) is 0 Å². The summed E-state index contributed by atoms with van der Waals surface area (Å²) in [5, 5.41) is 0. The lowest BCUT2D eigenvalue weighted by Crippen LogP contribution is -2.44. The highest BCUT2D eigenvalue weighted by molar-refractivity contribution is 5.42. The van der Waals surface area contributed by atoms with Gasteiger partial charge in [0.15, 0.2) is 0 Å². The van der Waals surface area contributed by atoms with Gasteiger partial charge in [0.1, 0.15) is 23.7 Å². The summed E-state index contributed by atoms with van der Waals surface area (Å²) in [7, 11) is 2.11. The average molecular weight is 288 g/mol. The lowest BCUT2D eigenvalue weighted by atomic mass is 10.3. The fourth-order valence-electron chi connectivity index (χ4n) is 2.25. The molecule has 0 spiro atoms. The lowest BCUT2D eigenvalue weighted by Gasteiger charge is -2.33. The van der Waals surface area contributed by atoms with E-state index in [2.05, 4.69) is 26.8 Å². The van der Waals surface area contributed by atoms with E-state index in [0.717, 1.165) is 32.0 Å². The second-order valence-electron chi connectivity index (χ2n) is 5.06. The van der Waals surface area contributed by atoms with Gasteiger partial charge in [-0.25, -0.2) is 14.4 Å². The number of likely N-dealkylation sites (N-methyl/N-ethyl adjacent to an activating group) is 1. The molecule has 3 rings (SSSR count). The zero-order chi connectivity index (χ0) is 14.7. The molecule has 1 saturated heterocycles. The van der Waals surface area contributed by atoms with Crippen molar-refractivity contribution in [3.8, 4) is 11.6 Å². The van der Waals surface area contributed by atoms with Gasteiger partial charge in [0.2, 0.25) is 5.88 Å². The molecule has 2 aromatic rings. The minimum Gasteiger partial charge on any atom is -0.439 e. The van der Waals surface area contributed by atoms with Gasteiger partial charge in [0.05, 0.1) is 0 Å². The van der Waals surface area contributed by atoms with Crippen LogP contribution in [-0.2, 0) is 0 Å². The first-order chi connectivity index (χ1) is 10.2. The predicted molar refractivity (Wildman–Crippen MR) is 78.2 cm³/mol. The van der Waals surface area contributed by atoms with Gasteiger partial charge in [-0.3, -0.25) is 0 Å². The first kappa shape index (κ1) is 13.8. The van der Waals surface area contributed by atoms with E-state index in [1.165, 1.54) is 18.5 Å². The summed E-state index contributed by atoms with van der Waals surface area (Å²) in [5.41, 5.74) is 0. The van der Waals surface area contributed by atoms with Crippen LogP contribution in [0.1, 0.15) is 0 Å². The number of hydrogen-bond acceptors (Lipinski definition) is 5. The molecule has 21 heavy (non-hydrogen) atoms. The fourth-order valence-corrected chi connectivity index (χ4v) is 2.25. The molecule has 110 valence electrons. The molecule has 1 fully saturated rings. The topological polar surface area (TPSA) is 41.5 Å². The van der Waals surface area contributed by atoms with Crippen LogP contribution in [-0.4, -0.2) is 48.1 Å². The molecular weight excluding hydrogens is 271 g/mol. The van der Waals surface area contributed by atoms with Crippen molar-refractivity contribution >= 4 is 5.82 Å². The van der Waals surface area contributed by atoms with Crippen molar-refractivity contribution < 1.29 is 9.13 Å². The Bertz CT molecular complexity index is 614. The Morgan fingerprint density at radius 2 is 1.90 bits per heavy atom. The van der Waals surface area contributed by atoms with Crippen LogP contribution in [0.4, 0.5) is 10.2 Å². The smallest absolute Gasteiger partial charge is 0.224 e. The Balaban J connectivity index is 1.74. The summed E-state index contributed by atoms with van der Waals surface area (Å²) in [6.07, 6.45) is 1.47. The first-order valence-electron chi connectivity index (χ1n) is 6.90. The van der Waals surface area contributed by atoms with E-state index in [-0.39, 0.29) is 5.82 Å². The van der Waals surface area contributed by atoms with E-state index in [4.69, 9.17) is 4.74 Å². The minimum absolute atomic E-state index is 0.333. The number of aromatic nitrogens is 2. The molecule has 0 N–H and O–H groups in total. The summed E-state index contributed by atoms with van der Waals surface area (Å²) in [5.74, 6) is 1.35. The average Bonchev–Trinajstić information content (AvgIpc) is 2.48. The molecule has 2 heterocycles. The molecule has 0 bridgehead atoms. The molecule has 0 atom stereocenters. The number of ether oxygens (including phenoxy) is 1. The van der Waals surface area contributed by atoms with Crippen molar-refractivity contribution in [3.63, 3.8) is 0 Å². The molecule has 1 aliphatic rings. The van der Waals surface area contributed by atoms with Crippen LogP contribution >= 0.6 is 0 Å². The van der Waals surface area contributed by atoms with Gasteiger partial charge in [0.25, 0.3) is 0 Å². The Morgan fingerprint density at radius 1 is 1.10 bits per heavy atom. The lowest BCUT2D eigenvalue weighted by molar-refractivity contribution is 0.312. The Labute approximate surface area is 123 Å². The van der Waals surface area contributed by atoms with Gasteiger partial charge in [0, 0.05) is 38.3 Å². The molecule has 0 saturated carbocycles. The largest absolute Gasteiger partial charge is 0.439 e. The molecule has 5 nitrogen and oxygen atoms in total. The number of rotatable bonds is 3. The maximum Gasteiger partial charge on any atom is 0.224 e. The van der Waals surface area contributed by atoms with E-state index in [1.54, 1.807) is 18.2 Å². The molecule has 1 aromatic carbocycles. The Morgan fingerprint density at radius 3 is 2.67 bits per heavy atom. The van der Waals surface area contributed by atoms with Gasteiger partial charge < -0.3 is 14.5 Å². The van der Waals surface area contributed by atoms with E-state index >= 15 is 0 Å². The highest BCUT2D eigenvalue weighted by Crippen LogP contribution is 2.23. The molecule has 0 radical (unpaired) electrons. The van der Waals surface area contributed by atoms with Crippen molar-refractivity contribution in [2.24, 2.45) is 0 Å². The van der Waals surface area contributed by atoms with Crippen molar-refractivity contribution in [1.29, 1.82) is 0 Å². The third kappa shape index (κ3) is 3.46. The van der Waals surface area contributed by atoms with Crippen LogP contribution in [0.3, 0.4) is 0 Å². The maximum absolute atomic E-state index is 13.2. The number of anilines is 1. The summed E-state index contributed by atoms with van der Waals surface area (Å²) in [6, 6.07) is 7.80. The van der Waals surface area contributed by atoms with Gasteiger partial charge in [-0.15, -0.1) is 0 Å². The monoisotopic (exact) mass is 288 g/mol. The van der Waals surface area contributed by atoms with Crippen LogP contribution in [0.5, 0.6) is 11.6 Å². The van der Waals surface area contributed by atoms with E-state index in [1.807, 2.05) is 0 Å². The van der Waals surface area contributed by atoms with Gasteiger partial charge in [-0.05, 0) is 19.2 Å². The van der Waals surface area contributed by atoms with Crippen LogP contribution in [0.2, 0.25) is 0 Å². The second-order valence-corrected chi connectivity index (χ2v) is 5.06. The fraction of sp³-hybridized carbons (Fsp3) is 0.333. The third-order valence-corrected chi connectivity index (χ3v) is 3.47. The molecule has 0 amide bonds. The van der Waals surface area contributed by atoms with Gasteiger partial charge in [-0.2, -0.15) is 0 Å². The quantitative estimate of drug-likeness (QED) is 0.865. The Hall–Kier alpha value is -2.21. The number of halogens is 1. The zero-order valence-corrected chi connectivity index (χ0v) is 11.9. The summed E-state index contributed by atoms with van der Waals surface area (Å²) < 4.78 is 18.7. The summed E-state index contributed by atoms with van der Waals surface area (Å²) in [6.45, 7) is 3.86. The normalized spacial score (nSPS) is 16.0. The van der Waals surface area contributed by atoms with Crippen molar-refractivity contribution in [2.75, 3.05) is 38.1 Å². The third-order valence-electron chi connectivity index (χ3n) is 3.47. The SMILES string of the molecule is CN1CCN(c2cc(Oc3cccc(F)c3)ncn2)CC1. The summed E-state index contributed by atoms with van der Waals surface area (Å²) in [4.78, 5) is 12.8. The molecule has 0 unspecified atom stereocenters. The number of benzene rings is 1. The van der Waals surface area contributed by atoms with Crippen molar-refractivity contribution in [1.82, 2.24) is 14.9 Å². The van der Waals surface area contributed by atoms with E-state index in [9.17, 15) is 4.39 Å². The molecule has 1 aliphatic heterocycles. The highest BCUT2D eigenvalue weighted by atomic mass is 19.1. The van der Waals surface area contributed by atoms with Gasteiger partial charge >= 0.3 is 0 Å². The standard InChI is InChI=1S/C15H17FN4O/c1-19-5-7-20(8-6-19)14-10-15(18-11-17-14)21-13-4-2-3-12(16)9-13/h2-4,9-11H,5-8H2,1H3. The predicted octanol–water partition coefficient (Wildman–Crippen LogP) is 2.16. The highest BCUT2D eigenvalue weighted by Gasteiger charge is 2.16. The van der Waals surface area contributed by atoms with Crippen molar-refractivity contribution in [2.45, 2.75) is 0 Å². The van der Waals surface area contributed by atoms with E-state index in [0.29, 0.717) is 11.6 Å². The minimum atomic E-state index is -0.333. The van der Waals surface area contributed by atoms with Gasteiger partial charge in [-0.1, -0.05) is 6.07 Å². The molecular formula is C15H17FN4O. The number of nitrogens with zero attached hydrogens (tertiary/aromatic N) is 4. The molecule has 0 aliphatic carbocycles. The van der Waals surface area contributed by atoms with Crippen LogP contribution in [0.15, 0.2) is 36.7 Å². The van der Waals surface area contributed by atoms with Crippen LogP contribution < -0.4 is 9.64 Å². The Kier molecular flexibility index (Phi) is 3.96. The maximum atomic E-state index is 13.2. The number of hydrogen-bond donors (Lipinski definition) is 0. The second kappa shape index (κ2) is 6.05. The van der Waals surface area contributed by atoms with Crippen molar-refractivity contribution in [3.05, 3.63) is 42.5 Å². The van der Waals surface area contributed by atoms with Crippen LogP contribution in [0, 0.1) is 5.82 Å². The van der Waals surface area contributed by atoms with E-state index < -0.39 is 0 Å². The first-order valence-corrected chi connectivity index (χ1v) is 6.90.